The van der Waals surface area contributed by atoms with Crippen LogP contribution in [0.3, 0.4) is 0 Å². The number of rotatable bonds is 5. The zero-order valence-corrected chi connectivity index (χ0v) is 17.1. The minimum absolute atomic E-state index is 0.0473. The van der Waals surface area contributed by atoms with Crippen LogP contribution in [-0.4, -0.2) is 21.7 Å². The molecule has 4 rings (SSSR count). The lowest BCUT2D eigenvalue weighted by Crippen LogP contribution is -2.14. The number of nitrogens with one attached hydrogen (secondary N) is 2. The molecule has 1 aliphatic carbocycles. The standard InChI is InChI=1S/C19H14BrCl2N3O2/c20-7-9-5-13(21)15(14(22)6-9)17(26)12-8-24-16-11(12)3-4-23-18(16)25-19(27)10-1-2-10/h3-6,8,10,24H,1-2,7H2,(H,23,25,27). The van der Waals surface area contributed by atoms with Crippen molar-refractivity contribution in [2.75, 3.05) is 5.32 Å². The topological polar surface area (TPSA) is 74.8 Å². The molecule has 1 aromatic carbocycles. The van der Waals surface area contributed by atoms with Crippen LogP contribution in [0.15, 0.2) is 30.6 Å². The summed E-state index contributed by atoms with van der Waals surface area (Å²) in [6.07, 6.45) is 4.95. The fraction of sp³-hybridized carbons (Fsp3) is 0.211. The van der Waals surface area contributed by atoms with E-state index < -0.39 is 0 Å². The largest absolute Gasteiger partial charge is 0.357 e. The van der Waals surface area contributed by atoms with Gasteiger partial charge in [0, 0.05) is 34.6 Å². The van der Waals surface area contributed by atoms with Crippen LogP contribution in [0, 0.1) is 5.92 Å². The highest BCUT2D eigenvalue weighted by atomic mass is 79.9. The van der Waals surface area contributed by atoms with Crippen LogP contribution < -0.4 is 5.32 Å². The lowest BCUT2D eigenvalue weighted by atomic mass is 10.0. The van der Waals surface area contributed by atoms with E-state index in [9.17, 15) is 9.59 Å². The average molecular weight is 467 g/mol. The Hall–Kier alpha value is -1.89. The summed E-state index contributed by atoms with van der Waals surface area (Å²) >= 11 is 16.0. The predicted molar refractivity (Wildman–Crippen MR) is 110 cm³/mol. The molecule has 2 aromatic heterocycles. The second-order valence-corrected chi connectivity index (χ2v) is 7.82. The molecule has 0 radical (unpaired) electrons. The van der Waals surface area contributed by atoms with Crippen LogP contribution in [0.1, 0.15) is 34.3 Å². The van der Waals surface area contributed by atoms with Gasteiger partial charge >= 0.3 is 0 Å². The van der Waals surface area contributed by atoms with Gasteiger partial charge in [0.25, 0.3) is 0 Å². The van der Waals surface area contributed by atoms with E-state index in [1.54, 1.807) is 30.6 Å². The molecule has 27 heavy (non-hydrogen) atoms. The van der Waals surface area contributed by atoms with E-state index in [0.717, 1.165) is 18.4 Å². The van der Waals surface area contributed by atoms with Gasteiger partial charge in [0.05, 0.1) is 21.1 Å². The number of fused-ring (bicyclic) bond motifs is 1. The van der Waals surface area contributed by atoms with E-state index in [4.69, 9.17) is 23.2 Å². The van der Waals surface area contributed by atoms with Crippen LogP contribution >= 0.6 is 39.1 Å². The Morgan fingerprint density at radius 2 is 1.96 bits per heavy atom. The maximum Gasteiger partial charge on any atom is 0.228 e. The molecule has 1 saturated carbocycles. The number of anilines is 1. The summed E-state index contributed by atoms with van der Waals surface area (Å²) in [5.41, 5.74) is 2.16. The summed E-state index contributed by atoms with van der Waals surface area (Å²) in [6, 6.07) is 5.15. The monoisotopic (exact) mass is 465 g/mol. The Bertz CT molecular complexity index is 1050. The summed E-state index contributed by atoms with van der Waals surface area (Å²) in [4.78, 5) is 32.4. The highest BCUT2D eigenvalue weighted by molar-refractivity contribution is 9.08. The van der Waals surface area contributed by atoms with Gasteiger partial charge in [-0.3, -0.25) is 9.59 Å². The van der Waals surface area contributed by atoms with Crippen LogP contribution in [0.5, 0.6) is 0 Å². The first-order valence-electron chi connectivity index (χ1n) is 8.35. The summed E-state index contributed by atoms with van der Waals surface area (Å²) in [7, 11) is 0. The van der Waals surface area contributed by atoms with Crippen molar-refractivity contribution in [3.05, 3.63) is 57.3 Å². The molecular formula is C19H14BrCl2N3O2. The van der Waals surface area contributed by atoms with E-state index in [1.165, 1.54) is 0 Å². The molecule has 0 unspecified atom stereocenters. The fourth-order valence-corrected chi connectivity index (χ4v) is 3.98. The quantitative estimate of drug-likeness (QED) is 0.393. The summed E-state index contributed by atoms with van der Waals surface area (Å²) in [6.45, 7) is 0. The van der Waals surface area contributed by atoms with Crippen molar-refractivity contribution in [3.63, 3.8) is 0 Å². The van der Waals surface area contributed by atoms with Gasteiger partial charge in [-0.2, -0.15) is 0 Å². The number of H-pyrrole nitrogens is 1. The Kier molecular flexibility index (Phi) is 4.97. The van der Waals surface area contributed by atoms with Crippen LogP contribution in [0.4, 0.5) is 5.82 Å². The van der Waals surface area contributed by atoms with Crippen LogP contribution in [0.2, 0.25) is 10.0 Å². The van der Waals surface area contributed by atoms with E-state index >= 15 is 0 Å². The molecule has 138 valence electrons. The normalized spacial score (nSPS) is 13.7. The third-order valence-corrected chi connectivity index (χ3v) is 5.76. The third kappa shape index (κ3) is 3.49. The van der Waals surface area contributed by atoms with Crippen LogP contribution in [-0.2, 0) is 10.1 Å². The number of carbonyl (C=O) groups excluding carboxylic acids is 2. The average Bonchev–Trinajstić information content (AvgIpc) is 3.40. The van der Waals surface area contributed by atoms with Gasteiger partial charge in [0.1, 0.15) is 0 Å². The molecule has 2 heterocycles. The third-order valence-electron chi connectivity index (χ3n) is 4.52. The number of benzene rings is 1. The number of hydrogen-bond acceptors (Lipinski definition) is 3. The Morgan fingerprint density at radius 3 is 2.59 bits per heavy atom. The minimum atomic E-state index is -0.289. The van der Waals surface area contributed by atoms with Crippen molar-refractivity contribution < 1.29 is 9.59 Å². The first-order valence-corrected chi connectivity index (χ1v) is 10.2. The number of aromatic nitrogens is 2. The highest BCUT2D eigenvalue weighted by Gasteiger charge is 2.30. The van der Waals surface area contributed by atoms with Gasteiger partial charge in [-0.15, -0.1) is 0 Å². The summed E-state index contributed by atoms with van der Waals surface area (Å²) in [5.74, 6) is 0.135. The number of amides is 1. The van der Waals surface area contributed by atoms with Crippen molar-refractivity contribution in [3.8, 4) is 0 Å². The molecule has 3 aromatic rings. The number of aromatic amines is 1. The number of hydrogen-bond donors (Lipinski definition) is 2. The van der Waals surface area contributed by atoms with Crippen molar-refractivity contribution in [1.29, 1.82) is 0 Å². The Labute approximate surface area is 173 Å². The van der Waals surface area contributed by atoms with Crippen LogP contribution in [0.25, 0.3) is 10.9 Å². The van der Waals surface area contributed by atoms with Crippen molar-refractivity contribution in [2.45, 2.75) is 18.2 Å². The van der Waals surface area contributed by atoms with Gasteiger partial charge in [-0.1, -0.05) is 39.1 Å². The molecule has 0 bridgehead atoms. The van der Waals surface area contributed by atoms with Gasteiger partial charge < -0.3 is 10.3 Å². The summed E-state index contributed by atoms with van der Waals surface area (Å²) in [5, 5.41) is 4.66. The van der Waals surface area contributed by atoms with E-state index in [-0.39, 0.29) is 23.2 Å². The molecule has 5 nitrogen and oxygen atoms in total. The lowest BCUT2D eigenvalue weighted by molar-refractivity contribution is -0.117. The van der Waals surface area contributed by atoms with Gasteiger partial charge in [-0.25, -0.2) is 4.98 Å². The molecular weight excluding hydrogens is 453 g/mol. The first-order chi connectivity index (χ1) is 13.0. The molecule has 0 aliphatic heterocycles. The predicted octanol–water partition coefficient (Wildman–Crippen LogP) is 5.34. The summed E-state index contributed by atoms with van der Waals surface area (Å²) < 4.78 is 0. The van der Waals surface area contributed by atoms with E-state index in [0.29, 0.717) is 37.7 Å². The second-order valence-electron chi connectivity index (χ2n) is 6.45. The van der Waals surface area contributed by atoms with E-state index in [2.05, 4.69) is 31.2 Å². The minimum Gasteiger partial charge on any atom is -0.357 e. The number of alkyl halides is 1. The van der Waals surface area contributed by atoms with Crippen molar-refractivity contribution in [2.24, 2.45) is 5.92 Å². The fourth-order valence-electron chi connectivity index (χ4n) is 2.96. The zero-order chi connectivity index (χ0) is 19.1. The SMILES string of the molecule is O=C(c1c(Cl)cc(CBr)cc1Cl)c1c[nH]c2c(NC(=O)C3CC3)nccc12. The van der Waals surface area contributed by atoms with Gasteiger partial charge in [0.2, 0.25) is 5.91 Å². The number of halogens is 3. The number of pyridine rings is 1. The molecule has 8 heteroatoms. The Morgan fingerprint density at radius 1 is 1.26 bits per heavy atom. The molecule has 1 amide bonds. The first kappa shape index (κ1) is 18.5. The molecule has 1 aliphatic rings. The number of ketones is 1. The molecule has 2 N–H and O–H groups in total. The number of nitrogens with zero attached hydrogens (tertiary/aromatic N) is 1. The number of carbonyl (C=O) groups is 2. The van der Waals surface area contributed by atoms with Gasteiger partial charge in [-0.05, 0) is 36.6 Å². The Balaban J connectivity index is 1.74. The smallest absolute Gasteiger partial charge is 0.228 e. The van der Waals surface area contributed by atoms with Gasteiger partial charge in [0.15, 0.2) is 11.6 Å². The zero-order valence-electron chi connectivity index (χ0n) is 14.0. The van der Waals surface area contributed by atoms with Crippen molar-refractivity contribution >= 4 is 67.5 Å². The van der Waals surface area contributed by atoms with E-state index in [1.807, 2.05) is 0 Å². The molecule has 0 spiro atoms. The molecule has 1 fully saturated rings. The molecule has 0 atom stereocenters. The lowest BCUT2D eigenvalue weighted by Gasteiger charge is -2.08. The molecule has 0 saturated heterocycles. The highest BCUT2D eigenvalue weighted by Crippen LogP contribution is 2.34. The maximum absolute atomic E-state index is 13.1. The maximum atomic E-state index is 13.1. The van der Waals surface area contributed by atoms with Crippen molar-refractivity contribution in [1.82, 2.24) is 9.97 Å². The second kappa shape index (κ2) is 7.26.